The summed E-state index contributed by atoms with van der Waals surface area (Å²) in [6.45, 7) is 2.57. The van der Waals surface area contributed by atoms with Gasteiger partial charge in [-0.05, 0) is 58.1 Å². The summed E-state index contributed by atoms with van der Waals surface area (Å²) >= 11 is 11.0. The molecule has 0 fully saturated rings. The average Bonchev–Trinajstić information content (AvgIpc) is 2.63. The van der Waals surface area contributed by atoms with Crippen LogP contribution in [-0.2, 0) is 6.61 Å². The molecule has 0 unspecified atom stereocenters. The third-order valence-electron chi connectivity index (χ3n) is 2.19. The van der Waals surface area contributed by atoms with E-state index in [2.05, 4.69) is 15.9 Å². The highest BCUT2D eigenvalue weighted by Crippen LogP contribution is 2.26. The molecule has 0 aliphatic rings. The van der Waals surface area contributed by atoms with E-state index in [9.17, 15) is 0 Å². The zero-order valence-corrected chi connectivity index (χ0v) is 11.8. The molecule has 84 valence electrons. The van der Waals surface area contributed by atoms with E-state index in [0.717, 1.165) is 20.8 Å². The third-order valence-corrected chi connectivity index (χ3v) is 4.32. The van der Waals surface area contributed by atoms with Gasteiger partial charge in [0.15, 0.2) is 0 Å². The van der Waals surface area contributed by atoms with Crippen LogP contribution < -0.4 is 4.74 Å². The maximum atomic E-state index is 5.88. The molecule has 0 saturated heterocycles. The van der Waals surface area contributed by atoms with Crippen molar-refractivity contribution < 1.29 is 4.74 Å². The zero-order chi connectivity index (χ0) is 11.5. The Hall–Kier alpha value is -0.510. The molecule has 0 N–H and O–H groups in total. The first-order chi connectivity index (χ1) is 7.66. The molecule has 2 aromatic rings. The number of thiophene rings is 1. The Morgan fingerprint density at radius 1 is 1.38 bits per heavy atom. The summed E-state index contributed by atoms with van der Waals surface area (Å²) in [4.78, 5) is 1.19. The van der Waals surface area contributed by atoms with Crippen molar-refractivity contribution in [2.45, 2.75) is 13.5 Å². The second kappa shape index (κ2) is 5.21. The van der Waals surface area contributed by atoms with Gasteiger partial charge in [0.25, 0.3) is 0 Å². The second-order valence-electron chi connectivity index (χ2n) is 3.39. The van der Waals surface area contributed by atoms with Gasteiger partial charge in [-0.1, -0.05) is 11.6 Å². The molecule has 1 heterocycles. The van der Waals surface area contributed by atoms with Gasteiger partial charge in [0, 0.05) is 9.50 Å². The van der Waals surface area contributed by atoms with E-state index in [1.807, 2.05) is 36.6 Å². The van der Waals surface area contributed by atoms with Gasteiger partial charge in [-0.15, -0.1) is 11.3 Å². The van der Waals surface area contributed by atoms with Gasteiger partial charge in [-0.3, -0.25) is 0 Å². The smallest absolute Gasteiger partial charge is 0.124 e. The van der Waals surface area contributed by atoms with Gasteiger partial charge in [-0.25, -0.2) is 0 Å². The number of ether oxygens (including phenoxy) is 1. The van der Waals surface area contributed by atoms with E-state index in [0.29, 0.717) is 6.61 Å². The van der Waals surface area contributed by atoms with Gasteiger partial charge < -0.3 is 4.74 Å². The molecule has 2 rings (SSSR count). The Labute approximate surface area is 112 Å². The molecule has 4 heteroatoms. The van der Waals surface area contributed by atoms with Gasteiger partial charge in [-0.2, -0.15) is 0 Å². The van der Waals surface area contributed by atoms with E-state index >= 15 is 0 Å². The largest absolute Gasteiger partial charge is 0.488 e. The Morgan fingerprint density at radius 2 is 2.19 bits per heavy atom. The molecule has 1 aromatic heterocycles. The third kappa shape index (κ3) is 2.78. The molecule has 0 amide bonds. The minimum atomic E-state index is 0.584. The summed E-state index contributed by atoms with van der Waals surface area (Å²) in [5.74, 6) is 0.879. The fraction of sp³-hybridized carbons (Fsp3) is 0.167. The molecule has 0 bridgehead atoms. The molecular formula is C12H10BrClOS. The van der Waals surface area contributed by atoms with Crippen LogP contribution in [0.5, 0.6) is 5.75 Å². The molecule has 0 spiro atoms. The monoisotopic (exact) mass is 316 g/mol. The predicted octanol–water partition coefficient (Wildman–Crippen LogP) is 5.05. The lowest BCUT2D eigenvalue weighted by atomic mass is 10.2. The molecule has 1 nitrogen and oxygen atoms in total. The van der Waals surface area contributed by atoms with Crippen LogP contribution in [0.4, 0.5) is 0 Å². The first-order valence-electron chi connectivity index (χ1n) is 4.77. The van der Waals surface area contributed by atoms with Crippen molar-refractivity contribution in [1.29, 1.82) is 0 Å². The molecule has 0 aliphatic heterocycles. The first kappa shape index (κ1) is 12.0. The molecule has 0 radical (unpaired) electrons. The minimum absolute atomic E-state index is 0.584. The highest BCUT2D eigenvalue weighted by Gasteiger charge is 2.04. The van der Waals surface area contributed by atoms with Crippen LogP contribution in [0.3, 0.4) is 0 Å². The van der Waals surface area contributed by atoms with Crippen LogP contribution in [0.2, 0.25) is 5.02 Å². The van der Waals surface area contributed by atoms with Gasteiger partial charge >= 0.3 is 0 Å². The van der Waals surface area contributed by atoms with E-state index in [4.69, 9.17) is 16.3 Å². The van der Waals surface area contributed by atoms with Crippen LogP contribution >= 0.6 is 38.9 Å². The quantitative estimate of drug-likeness (QED) is 0.769. The second-order valence-corrected chi connectivity index (χ2v) is 5.68. The van der Waals surface area contributed by atoms with E-state index in [1.165, 1.54) is 4.88 Å². The van der Waals surface area contributed by atoms with Crippen LogP contribution in [0.25, 0.3) is 0 Å². The van der Waals surface area contributed by atoms with Crippen LogP contribution in [0.15, 0.2) is 34.1 Å². The fourth-order valence-corrected chi connectivity index (χ4v) is 2.95. The Balaban J connectivity index is 2.08. The van der Waals surface area contributed by atoms with Crippen molar-refractivity contribution in [3.8, 4) is 5.75 Å². The number of benzene rings is 1. The van der Waals surface area contributed by atoms with E-state index < -0.39 is 0 Å². The van der Waals surface area contributed by atoms with Crippen molar-refractivity contribution >= 4 is 38.9 Å². The van der Waals surface area contributed by atoms with Gasteiger partial charge in [0.2, 0.25) is 0 Å². The highest BCUT2D eigenvalue weighted by atomic mass is 79.9. The molecule has 0 aliphatic carbocycles. The summed E-state index contributed by atoms with van der Waals surface area (Å²) in [5, 5.41) is 2.78. The summed E-state index contributed by atoms with van der Waals surface area (Å²) in [6, 6.07) is 7.67. The normalized spacial score (nSPS) is 10.4. The summed E-state index contributed by atoms with van der Waals surface area (Å²) in [7, 11) is 0. The molecule has 0 saturated carbocycles. The number of halogens is 2. The zero-order valence-electron chi connectivity index (χ0n) is 8.67. The SMILES string of the molecule is Cc1cc(Cl)ccc1OCc1sccc1Br. The molecule has 0 atom stereocenters. The van der Waals surface area contributed by atoms with Crippen molar-refractivity contribution in [2.75, 3.05) is 0 Å². The molecule has 1 aromatic carbocycles. The topological polar surface area (TPSA) is 9.23 Å². The predicted molar refractivity (Wildman–Crippen MR) is 72.5 cm³/mol. The van der Waals surface area contributed by atoms with Gasteiger partial charge in [0.05, 0.1) is 4.88 Å². The Morgan fingerprint density at radius 3 is 2.81 bits per heavy atom. The Kier molecular flexibility index (Phi) is 3.90. The number of aryl methyl sites for hydroxylation is 1. The number of rotatable bonds is 3. The van der Waals surface area contributed by atoms with Crippen LogP contribution in [0, 0.1) is 6.92 Å². The standard InChI is InChI=1S/C12H10BrClOS/c1-8-6-9(14)2-3-11(8)15-7-12-10(13)4-5-16-12/h2-6H,7H2,1H3. The van der Waals surface area contributed by atoms with Crippen molar-refractivity contribution in [3.05, 3.63) is 49.6 Å². The van der Waals surface area contributed by atoms with Crippen LogP contribution in [-0.4, -0.2) is 0 Å². The van der Waals surface area contributed by atoms with Crippen molar-refractivity contribution in [1.82, 2.24) is 0 Å². The maximum Gasteiger partial charge on any atom is 0.124 e. The molecule has 16 heavy (non-hydrogen) atoms. The first-order valence-corrected chi connectivity index (χ1v) is 6.82. The minimum Gasteiger partial charge on any atom is -0.488 e. The lowest BCUT2D eigenvalue weighted by Gasteiger charge is -2.08. The lowest BCUT2D eigenvalue weighted by Crippen LogP contribution is -1.95. The van der Waals surface area contributed by atoms with Gasteiger partial charge in [0.1, 0.15) is 12.4 Å². The summed E-state index contributed by atoms with van der Waals surface area (Å²) in [6.07, 6.45) is 0. The number of hydrogen-bond donors (Lipinski definition) is 0. The highest BCUT2D eigenvalue weighted by molar-refractivity contribution is 9.10. The fourth-order valence-electron chi connectivity index (χ4n) is 1.35. The van der Waals surface area contributed by atoms with E-state index in [-0.39, 0.29) is 0 Å². The summed E-state index contributed by atoms with van der Waals surface area (Å²) < 4.78 is 6.84. The Bertz CT molecular complexity index is 496. The maximum absolute atomic E-state index is 5.88. The average molecular weight is 318 g/mol. The summed E-state index contributed by atoms with van der Waals surface area (Å²) in [5.41, 5.74) is 1.06. The lowest BCUT2D eigenvalue weighted by molar-refractivity contribution is 0.307. The molecular weight excluding hydrogens is 308 g/mol. The number of hydrogen-bond acceptors (Lipinski definition) is 2. The van der Waals surface area contributed by atoms with E-state index in [1.54, 1.807) is 11.3 Å². The van der Waals surface area contributed by atoms with Crippen molar-refractivity contribution in [2.24, 2.45) is 0 Å². The van der Waals surface area contributed by atoms with Crippen LogP contribution in [0.1, 0.15) is 10.4 Å². The van der Waals surface area contributed by atoms with Crippen molar-refractivity contribution in [3.63, 3.8) is 0 Å².